The molecule has 0 fully saturated rings. The van der Waals surface area contributed by atoms with E-state index in [0.717, 1.165) is 17.7 Å². The first-order valence-corrected chi connectivity index (χ1v) is 6.16. The maximum absolute atomic E-state index is 12.7. The zero-order valence-corrected chi connectivity index (χ0v) is 9.97. The Morgan fingerprint density at radius 2 is 2.06 bits per heavy atom. The van der Waals surface area contributed by atoms with Crippen molar-refractivity contribution in [2.24, 2.45) is 0 Å². The van der Waals surface area contributed by atoms with Crippen LogP contribution < -0.4 is 0 Å². The highest BCUT2D eigenvalue weighted by Gasteiger charge is 2.17. The highest BCUT2D eigenvalue weighted by Crippen LogP contribution is 2.27. The summed E-state index contributed by atoms with van der Waals surface area (Å²) in [5.41, 5.74) is 0. The first-order valence-electron chi connectivity index (χ1n) is 5.28. The van der Waals surface area contributed by atoms with Crippen molar-refractivity contribution in [1.82, 2.24) is 0 Å². The Bertz CT molecular complexity index is 337. The zero-order chi connectivity index (χ0) is 12.0. The molecular weight excluding hydrogens is 227 g/mol. The molecule has 0 radical (unpaired) electrons. The van der Waals surface area contributed by atoms with Gasteiger partial charge in [0.2, 0.25) is 0 Å². The number of rotatable bonds is 6. The fraction of sp³-hybridized carbons (Fsp3) is 0.417. The van der Waals surface area contributed by atoms with Crippen LogP contribution >= 0.6 is 11.8 Å². The van der Waals surface area contributed by atoms with E-state index < -0.39 is 11.2 Å². The van der Waals surface area contributed by atoms with Crippen LogP contribution in [0.3, 0.4) is 0 Å². The quantitative estimate of drug-likeness (QED) is 0.775. The summed E-state index contributed by atoms with van der Waals surface area (Å²) in [4.78, 5) is 11.8. The number of unbranched alkanes of at least 4 members (excludes halogenated alkanes) is 1. The van der Waals surface area contributed by atoms with Crippen molar-refractivity contribution in [2.75, 3.05) is 0 Å². The lowest BCUT2D eigenvalue weighted by Crippen LogP contribution is -2.15. The normalized spacial score (nSPS) is 12.4. The second kappa shape index (κ2) is 6.53. The molecule has 0 heterocycles. The van der Waals surface area contributed by atoms with Gasteiger partial charge in [0.25, 0.3) is 0 Å². The SMILES string of the molecule is CCCCC(Sc1ccc(F)cc1)C(=O)O. The van der Waals surface area contributed by atoms with Gasteiger partial charge in [-0.05, 0) is 30.7 Å². The van der Waals surface area contributed by atoms with Gasteiger partial charge < -0.3 is 5.11 Å². The lowest BCUT2D eigenvalue weighted by molar-refractivity contribution is -0.136. The fourth-order valence-corrected chi connectivity index (χ4v) is 2.31. The fourth-order valence-electron chi connectivity index (χ4n) is 1.30. The molecule has 4 heteroatoms. The molecule has 1 atom stereocenters. The van der Waals surface area contributed by atoms with Gasteiger partial charge in [-0.1, -0.05) is 19.8 Å². The van der Waals surface area contributed by atoms with Crippen molar-refractivity contribution in [3.05, 3.63) is 30.1 Å². The summed E-state index contributed by atoms with van der Waals surface area (Å²) < 4.78 is 12.7. The third-order valence-corrected chi connectivity index (χ3v) is 3.45. The number of benzene rings is 1. The molecule has 0 saturated carbocycles. The van der Waals surface area contributed by atoms with Crippen molar-refractivity contribution in [1.29, 1.82) is 0 Å². The van der Waals surface area contributed by atoms with Crippen LogP contribution in [0.4, 0.5) is 4.39 Å². The summed E-state index contributed by atoms with van der Waals surface area (Å²) in [6.45, 7) is 2.03. The summed E-state index contributed by atoms with van der Waals surface area (Å²) in [6.07, 6.45) is 2.52. The molecule has 88 valence electrons. The average molecular weight is 242 g/mol. The van der Waals surface area contributed by atoms with Crippen LogP contribution in [0.1, 0.15) is 26.2 Å². The third kappa shape index (κ3) is 4.23. The van der Waals surface area contributed by atoms with Gasteiger partial charge >= 0.3 is 5.97 Å². The van der Waals surface area contributed by atoms with Gasteiger partial charge in [0, 0.05) is 4.90 Å². The van der Waals surface area contributed by atoms with Crippen molar-refractivity contribution >= 4 is 17.7 Å². The molecular formula is C12H15FO2S. The maximum atomic E-state index is 12.7. The van der Waals surface area contributed by atoms with Crippen molar-refractivity contribution in [3.63, 3.8) is 0 Å². The van der Waals surface area contributed by atoms with Crippen LogP contribution in [0.2, 0.25) is 0 Å². The Morgan fingerprint density at radius 3 is 2.56 bits per heavy atom. The Balaban J connectivity index is 2.60. The lowest BCUT2D eigenvalue weighted by atomic mass is 10.2. The van der Waals surface area contributed by atoms with Crippen LogP contribution in [0.5, 0.6) is 0 Å². The highest BCUT2D eigenvalue weighted by molar-refractivity contribution is 8.00. The molecule has 16 heavy (non-hydrogen) atoms. The molecule has 1 N–H and O–H groups in total. The van der Waals surface area contributed by atoms with Crippen LogP contribution in [0.15, 0.2) is 29.2 Å². The predicted molar refractivity (Wildman–Crippen MR) is 63.2 cm³/mol. The van der Waals surface area contributed by atoms with Crippen molar-refractivity contribution in [3.8, 4) is 0 Å². The van der Waals surface area contributed by atoms with Crippen LogP contribution in [0, 0.1) is 5.82 Å². The van der Waals surface area contributed by atoms with Gasteiger partial charge in [0.1, 0.15) is 11.1 Å². The molecule has 0 saturated heterocycles. The predicted octanol–water partition coefficient (Wildman–Crippen LogP) is 3.56. The smallest absolute Gasteiger partial charge is 0.316 e. The molecule has 1 aromatic carbocycles. The molecule has 1 aromatic rings. The first-order chi connectivity index (χ1) is 7.63. The molecule has 0 aliphatic heterocycles. The van der Waals surface area contributed by atoms with E-state index >= 15 is 0 Å². The summed E-state index contributed by atoms with van der Waals surface area (Å²) in [6, 6.07) is 5.92. The van der Waals surface area contributed by atoms with Crippen molar-refractivity contribution < 1.29 is 14.3 Å². The van der Waals surface area contributed by atoms with Crippen LogP contribution in [-0.2, 0) is 4.79 Å². The Morgan fingerprint density at radius 1 is 1.44 bits per heavy atom. The largest absolute Gasteiger partial charge is 0.480 e. The minimum absolute atomic E-state index is 0.301. The van der Waals surface area contributed by atoms with E-state index in [0.29, 0.717) is 6.42 Å². The summed E-state index contributed by atoms with van der Waals surface area (Å²) in [7, 11) is 0. The maximum Gasteiger partial charge on any atom is 0.316 e. The third-order valence-electron chi connectivity index (χ3n) is 2.19. The summed E-state index contributed by atoms with van der Waals surface area (Å²) in [5, 5.41) is 8.58. The van der Waals surface area contributed by atoms with Gasteiger partial charge in [0.05, 0.1) is 0 Å². The molecule has 2 nitrogen and oxygen atoms in total. The molecule has 0 amide bonds. The van der Waals surface area contributed by atoms with Gasteiger partial charge in [0.15, 0.2) is 0 Å². The van der Waals surface area contributed by atoms with Gasteiger partial charge in [-0.15, -0.1) is 11.8 Å². The van der Waals surface area contributed by atoms with E-state index in [9.17, 15) is 9.18 Å². The number of carbonyl (C=O) groups is 1. The number of hydrogen-bond donors (Lipinski definition) is 1. The van der Waals surface area contributed by atoms with E-state index in [2.05, 4.69) is 0 Å². The standard InChI is InChI=1S/C12H15FO2S/c1-2-3-4-11(12(14)15)16-10-7-5-9(13)6-8-10/h5-8,11H,2-4H2,1H3,(H,14,15). The average Bonchev–Trinajstić information content (AvgIpc) is 2.26. The molecule has 1 rings (SSSR count). The first kappa shape index (κ1) is 13.0. The van der Waals surface area contributed by atoms with Crippen molar-refractivity contribution in [2.45, 2.75) is 36.3 Å². The number of hydrogen-bond acceptors (Lipinski definition) is 2. The molecule has 0 aromatic heterocycles. The number of halogens is 1. The Labute approximate surface area is 98.9 Å². The molecule has 0 aliphatic rings. The summed E-state index contributed by atoms with van der Waals surface area (Å²) >= 11 is 1.28. The number of carboxylic acid groups (broad SMARTS) is 1. The van der Waals surface area contributed by atoms with E-state index in [-0.39, 0.29) is 5.82 Å². The second-order valence-electron chi connectivity index (χ2n) is 3.54. The number of carboxylic acids is 1. The van der Waals surface area contributed by atoms with E-state index in [1.807, 2.05) is 6.92 Å². The number of thioether (sulfide) groups is 1. The second-order valence-corrected chi connectivity index (χ2v) is 4.82. The van der Waals surface area contributed by atoms with E-state index in [1.165, 1.54) is 23.9 Å². The molecule has 0 aliphatic carbocycles. The lowest BCUT2D eigenvalue weighted by Gasteiger charge is -2.11. The Hall–Kier alpha value is -1.03. The van der Waals surface area contributed by atoms with Crippen LogP contribution in [0.25, 0.3) is 0 Å². The van der Waals surface area contributed by atoms with Gasteiger partial charge in [-0.3, -0.25) is 4.79 Å². The Kier molecular flexibility index (Phi) is 5.32. The minimum Gasteiger partial charge on any atom is -0.480 e. The molecule has 0 bridgehead atoms. The van der Waals surface area contributed by atoms with Crippen LogP contribution in [-0.4, -0.2) is 16.3 Å². The highest BCUT2D eigenvalue weighted by atomic mass is 32.2. The van der Waals surface area contributed by atoms with Gasteiger partial charge in [-0.25, -0.2) is 4.39 Å². The monoisotopic (exact) mass is 242 g/mol. The minimum atomic E-state index is -0.803. The van der Waals surface area contributed by atoms with Gasteiger partial charge in [-0.2, -0.15) is 0 Å². The van der Waals surface area contributed by atoms with E-state index in [1.54, 1.807) is 12.1 Å². The van der Waals surface area contributed by atoms with E-state index in [4.69, 9.17) is 5.11 Å². The summed E-state index contributed by atoms with van der Waals surface area (Å²) in [5.74, 6) is -1.10. The molecule has 0 spiro atoms. The molecule has 1 unspecified atom stereocenters. The topological polar surface area (TPSA) is 37.3 Å². The zero-order valence-electron chi connectivity index (χ0n) is 9.15. The number of aliphatic carboxylic acids is 1.